The highest BCUT2D eigenvalue weighted by atomic mass is 32.1. The number of hydrogen-bond donors (Lipinski definition) is 1. The van der Waals surface area contributed by atoms with Gasteiger partial charge in [-0.1, -0.05) is 24.3 Å². The van der Waals surface area contributed by atoms with Gasteiger partial charge in [-0.25, -0.2) is 4.98 Å². The predicted molar refractivity (Wildman–Crippen MR) is 60.9 cm³/mol. The Morgan fingerprint density at radius 3 is 3.00 bits per heavy atom. The maximum absolute atomic E-state index is 5.61. The summed E-state index contributed by atoms with van der Waals surface area (Å²) in [6.07, 6.45) is 2.23. The molecule has 1 aliphatic carbocycles. The van der Waals surface area contributed by atoms with Crippen molar-refractivity contribution in [2.45, 2.75) is 18.8 Å². The topological polar surface area (TPSA) is 51.8 Å². The first-order chi connectivity index (χ1) is 7.34. The average Bonchev–Trinajstić information content (AvgIpc) is 2.83. The summed E-state index contributed by atoms with van der Waals surface area (Å²) in [5.41, 5.74) is 8.41. The van der Waals surface area contributed by atoms with Gasteiger partial charge in [-0.05, 0) is 24.0 Å². The Labute approximate surface area is 92.1 Å². The summed E-state index contributed by atoms with van der Waals surface area (Å²) in [5.74, 6) is 1.25. The molecular formula is C11H11N3S. The van der Waals surface area contributed by atoms with Crippen LogP contribution in [0.2, 0.25) is 0 Å². The van der Waals surface area contributed by atoms with E-state index in [9.17, 15) is 0 Å². The van der Waals surface area contributed by atoms with Crippen molar-refractivity contribution in [3.05, 3.63) is 41.2 Å². The van der Waals surface area contributed by atoms with E-state index in [1.165, 1.54) is 22.7 Å². The molecule has 2 aromatic rings. The second-order valence-corrected chi connectivity index (χ2v) is 4.56. The highest BCUT2D eigenvalue weighted by Crippen LogP contribution is 2.37. The van der Waals surface area contributed by atoms with Crippen molar-refractivity contribution in [3.63, 3.8) is 0 Å². The Morgan fingerprint density at radius 2 is 2.20 bits per heavy atom. The van der Waals surface area contributed by atoms with E-state index in [0.29, 0.717) is 11.0 Å². The maximum atomic E-state index is 5.61. The molecule has 3 rings (SSSR count). The molecule has 0 aliphatic heterocycles. The van der Waals surface area contributed by atoms with Crippen LogP contribution in [0.25, 0.3) is 0 Å². The molecule has 0 fully saturated rings. The van der Waals surface area contributed by atoms with E-state index >= 15 is 0 Å². The summed E-state index contributed by atoms with van der Waals surface area (Å²) in [7, 11) is 0. The van der Waals surface area contributed by atoms with Gasteiger partial charge in [0.25, 0.3) is 0 Å². The zero-order chi connectivity index (χ0) is 10.3. The van der Waals surface area contributed by atoms with Crippen LogP contribution < -0.4 is 5.73 Å². The van der Waals surface area contributed by atoms with Gasteiger partial charge in [-0.15, -0.1) is 0 Å². The van der Waals surface area contributed by atoms with Gasteiger partial charge in [-0.3, -0.25) is 0 Å². The number of anilines is 1. The van der Waals surface area contributed by atoms with Crippen LogP contribution in [-0.4, -0.2) is 9.36 Å². The molecule has 2 N–H and O–H groups in total. The molecule has 76 valence electrons. The first-order valence-corrected chi connectivity index (χ1v) is 5.79. The Morgan fingerprint density at radius 1 is 1.33 bits per heavy atom. The Kier molecular flexibility index (Phi) is 1.95. The van der Waals surface area contributed by atoms with Crippen molar-refractivity contribution in [2.75, 3.05) is 5.73 Å². The van der Waals surface area contributed by atoms with Crippen molar-refractivity contribution in [2.24, 2.45) is 0 Å². The van der Waals surface area contributed by atoms with Crippen molar-refractivity contribution >= 4 is 16.7 Å². The van der Waals surface area contributed by atoms with Gasteiger partial charge in [0, 0.05) is 17.5 Å². The van der Waals surface area contributed by atoms with Crippen LogP contribution >= 0.6 is 11.5 Å². The summed E-state index contributed by atoms with van der Waals surface area (Å²) in [6, 6.07) is 8.52. The fraction of sp³-hybridized carbons (Fsp3) is 0.273. The highest BCUT2D eigenvalue weighted by molar-refractivity contribution is 7.09. The lowest BCUT2D eigenvalue weighted by Crippen LogP contribution is -1.98. The molecule has 1 unspecified atom stereocenters. The van der Waals surface area contributed by atoms with E-state index in [4.69, 9.17) is 5.73 Å². The lowest BCUT2D eigenvalue weighted by Gasteiger charge is -2.05. The minimum atomic E-state index is 0.356. The lowest BCUT2D eigenvalue weighted by molar-refractivity contribution is 0.746. The summed E-state index contributed by atoms with van der Waals surface area (Å²) in [6.45, 7) is 0. The van der Waals surface area contributed by atoms with Gasteiger partial charge in [0.05, 0.1) is 0 Å². The van der Waals surface area contributed by atoms with Gasteiger partial charge >= 0.3 is 0 Å². The van der Waals surface area contributed by atoms with Crippen molar-refractivity contribution in [3.8, 4) is 0 Å². The van der Waals surface area contributed by atoms with Crippen molar-refractivity contribution in [1.29, 1.82) is 0 Å². The third kappa shape index (κ3) is 1.41. The molecule has 1 atom stereocenters. The molecule has 0 saturated heterocycles. The van der Waals surface area contributed by atoms with Gasteiger partial charge in [0.1, 0.15) is 0 Å². The van der Waals surface area contributed by atoms with Crippen LogP contribution in [-0.2, 0) is 6.42 Å². The molecule has 0 radical (unpaired) electrons. The number of rotatable bonds is 1. The van der Waals surface area contributed by atoms with E-state index < -0.39 is 0 Å². The number of aryl methyl sites for hydroxylation is 1. The average molecular weight is 217 g/mol. The van der Waals surface area contributed by atoms with E-state index in [0.717, 1.165) is 18.7 Å². The molecular weight excluding hydrogens is 206 g/mol. The van der Waals surface area contributed by atoms with Crippen LogP contribution in [0, 0.1) is 0 Å². The minimum Gasteiger partial charge on any atom is -0.374 e. The van der Waals surface area contributed by atoms with Crippen LogP contribution in [0.1, 0.15) is 29.3 Å². The quantitative estimate of drug-likeness (QED) is 0.796. The Hall–Kier alpha value is -1.42. The van der Waals surface area contributed by atoms with Gasteiger partial charge < -0.3 is 5.73 Å². The third-order valence-electron chi connectivity index (χ3n) is 2.90. The second kappa shape index (κ2) is 3.31. The maximum Gasteiger partial charge on any atom is 0.199 e. The second-order valence-electron chi connectivity index (χ2n) is 3.78. The fourth-order valence-corrected chi connectivity index (χ4v) is 2.70. The summed E-state index contributed by atoms with van der Waals surface area (Å²) in [4.78, 5) is 4.28. The fourth-order valence-electron chi connectivity index (χ4n) is 2.21. The van der Waals surface area contributed by atoms with E-state index in [1.54, 1.807) is 0 Å². The minimum absolute atomic E-state index is 0.356. The number of benzene rings is 1. The van der Waals surface area contributed by atoms with Crippen LogP contribution in [0.3, 0.4) is 0 Å². The van der Waals surface area contributed by atoms with E-state index in [2.05, 4.69) is 33.6 Å². The molecule has 3 nitrogen and oxygen atoms in total. The largest absolute Gasteiger partial charge is 0.374 e. The van der Waals surface area contributed by atoms with Crippen LogP contribution in [0.5, 0.6) is 0 Å². The summed E-state index contributed by atoms with van der Waals surface area (Å²) in [5, 5.41) is 0.564. The number of nitrogens with two attached hydrogens (primary N) is 1. The molecule has 0 spiro atoms. The van der Waals surface area contributed by atoms with E-state index in [1.807, 2.05) is 0 Å². The normalized spacial score (nSPS) is 19.1. The molecule has 4 heteroatoms. The van der Waals surface area contributed by atoms with Crippen molar-refractivity contribution < 1.29 is 0 Å². The van der Waals surface area contributed by atoms with Gasteiger partial charge in [-0.2, -0.15) is 4.37 Å². The molecule has 1 heterocycles. The SMILES string of the molecule is Nc1nc(C2CCc3ccccc32)ns1. The smallest absolute Gasteiger partial charge is 0.199 e. The molecule has 15 heavy (non-hydrogen) atoms. The summed E-state index contributed by atoms with van der Waals surface area (Å²) < 4.78 is 4.30. The molecule has 0 bridgehead atoms. The predicted octanol–water partition coefficient (Wildman–Crippen LogP) is 2.20. The monoisotopic (exact) mass is 217 g/mol. The third-order valence-corrected chi connectivity index (χ3v) is 3.46. The van der Waals surface area contributed by atoms with Gasteiger partial charge in [0.15, 0.2) is 11.0 Å². The number of nitrogen functional groups attached to an aromatic ring is 1. The number of fused-ring (bicyclic) bond motifs is 1. The lowest BCUT2D eigenvalue weighted by atomic mass is 10.0. The Bertz CT molecular complexity index is 492. The standard InChI is InChI=1S/C11H11N3S/c12-11-13-10(14-15-11)9-6-5-7-3-1-2-4-8(7)9/h1-4,9H,5-6H2,(H2,12,13,14). The highest BCUT2D eigenvalue weighted by Gasteiger charge is 2.26. The number of aromatic nitrogens is 2. The first kappa shape index (κ1) is 8.85. The molecule has 1 aromatic heterocycles. The van der Waals surface area contributed by atoms with Gasteiger partial charge in [0.2, 0.25) is 0 Å². The number of nitrogens with zero attached hydrogens (tertiary/aromatic N) is 2. The summed E-state index contributed by atoms with van der Waals surface area (Å²) >= 11 is 1.28. The molecule has 0 amide bonds. The van der Waals surface area contributed by atoms with Crippen molar-refractivity contribution in [1.82, 2.24) is 9.36 Å². The van der Waals surface area contributed by atoms with Crippen LogP contribution in [0.4, 0.5) is 5.13 Å². The zero-order valence-electron chi connectivity index (χ0n) is 8.18. The first-order valence-electron chi connectivity index (χ1n) is 5.01. The number of hydrogen-bond acceptors (Lipinski definition) is 4. The molecule has 0 saturated carbocycles. The molecule has 1 aromatic carbocycles. The molecule has 1 aliphatic rings. The Balaban J connectivity index is 2.04. The zero-order valence-corrected chi connectivity index (χ0v) is 9.00. The van der Waals surface area contributed by atoms with Crippen LogP contribution in [0.15, 0.2) is 24.3 Å². The van der Waals surface area contributed by atoms with E-state index in [-0.39, 0.29) is 0 Å².